The fraction of sp³-hybridized carbons (Fsp3) is 0.333. The molecule has 0 saturated heterocycles. The van der Waals surface area contributed by atoms with Crippen molar-refractivity contribution in [2.45, 2.75) is 25.3 Å². The Balaban J connectivity index is 1.99. The lowest BCUT2D eigenvalue weighted by Gasteiger charge is -2.26. The summed E-state index contributed by atoms with van der Waals surface area (Å²) in [5.41, 5.74) is 6.29. The molecule has 2 aromatic heterocycles. The van der Waals surface area contributed by atoms with Crippen LogP contribution in [-0.2, 0) is 0 Å². The second-order valence-electron chi connectivity index (χ2n) is 4.45. The quantitative estimate of drug-likeness (QED) is 0.850. The van der Waals surface area contributed by atoms with Crippen LogP contribution in [0.25, 0.3) is 5.95 Å². The predicted molar refractivity (Wildman–Crippen MR) is 69.5 cm³/mol. The van der Waals surface area contributed by atoms with E-state index in [-0.39, 0.29) is 5.82 Å². The molecule has 7 nitrogen and oxygen atoms in total. The van der Waals surface area contributed by atoms with E-state index in [0.29, 0.717) is 23.4 Å². The normalized spacial score (nSPS) is 14.7. The Hall–Kier alpha value is -2.62. The highest BCUT2D eigenvalue weighted by Gasteiger charge is 2.23. The van der Waals surface area contributed by atoms with E-state index in [2.05, 4.69) is 26.5 Å². The molecule has 1 fully saturated rings. The lowest BCUT2D eigenvalue weighted by Crippen LogP contribution is -2.27. The largest absolute Gasteiger partial charge is 0.382 e. The molecule has 2 heterocycles. The van der Waals surface area contributed by atoms with E-state index in [4.69, 9.17) is 5.73 Å². The third-order valence-electron chi connectivity index (χ3n) is 3.22. The number of nitrogen functional groups attached to an aromatic ring is 1. The Morgan fingerprint density at radius 2 is 2.11 bits per heavy atom. The van der Waals surface area contributed by atoms with Gasteiger partial charge in [0.1, 0.15) is 11.6 Å². The van der Waals surface area contributed by atoms with Gasteiger partial charge in [-0.1, -0.05) is 0 Å². The minimum atomic E-state index is 0.260. The van der Waals surface area contributed by atoms with Gasteiger partial charge >= 0.3 is 0 Å². The minimum Gasteiger partial charge on any atom is -0.382 e. The molecule has 0 radical (unpaired) electrons. The van der Waals surface area contributed by atoms with Crippen molar-refractivity contribution in [3.8, 4) is 12.0 Å². The summed E-state index contributed by atoms with van der Waals surface area (Å²) < 4.78 is 1.39. The second kappa shape index (κ2) is 4.57. The molecule has 2 aromatic rings. The molecule has 0 aromatic carbocycles. The van der Waals surface area contributed by atoms with Crippen LogP contribution >= 0.6 is 0 Å². The van der Waals surface area contributed by atoms with Gasteiger partial charge in [0.15, 0.2) is 11.6 Å². The molecule has 19 heavy (non-hydrogen) atoms. The van der Waals surface area contributed by atoms with E-state index < -0.39 is 0 Å². The Morgan fingerprint density at radius 3 is 2.68 bits per heavy atom. The van der Waals surface area contributed by atoms with Crippen LogP contribution in [0.5, 0.6) is 0 Å². The zero-order chi connectivity index (χ0) is 13.2. The number of nitrogens with zero attached hydrogens (tertiary/aromatic N) is 5. The van der Waals surface area contributed by atoms with Gasteiger partial charge in [-0.25, -0.2) is 9.97 Å². The summed E-state index contributed by atoms with van der Waals surface area (Å²) in [5.74, 6) is 1.13. The smallest absolute Gasteiger partial charge is 0.252 e. The van der Waals surface area contributed by atoms with Crippen LogP contribution in [0.4, 0.5) is 11.6 Å². The number of rotatable bonds is 3. The molecule has 96 valence electrons. The number of hydrogen-bond donors (Lipinski definition) is 2. The zero-order valence-electron chi connectivity index (χ0n) is 10.2. The number of nitrogens with two attached hydrogens (primary N) is 1. The van der Waals surface area contributed by atoms with Crippen molar-refractivity contribution < 1.29 is 0 Å². The summed E-state index contributed by atoms with van der Waals surface area (Å²) in [5, 5.41) is 16.7. The van der Waals surface area contributed by atoms with Gasteiger partial charge in [0.05, 0.1) is 0 Å². The molecule has 0 bridgehead atoms. The van der Waals surface area contributed by atoms with Crippen LogP contribution in [0.15, 0.2) is 18.5 Å². The highest BCUT2D eigenvalue weighted by atomic mass is 15.4. The minimum absolute atomic E-state index is 0.260. The first-order valence-electron chi connectivity index (χ1n) is 6.12. The number of hydrogen-bond acceptors (Lipinski definition) is 6. The number of nitriles is 1. The van der Waals surface area contributed by atoms with Crippen LogP contribution in [0.1, 0.15) is 24.8 Å². The Morgan fingerprint density at radius 1 is 1.37 bits per heavy atom. The van der Waals surface area contributed by atoms with Gasteiger partial charge in [0.2, 0.25) is 0 Å². The van der Waals surface area contributed by atoms with Crippen molar-refractivity contribution in [2.24, 2.45) is 0 Å². The molecule has 1 saturated carbocycles. The maximum atomic E-state index is 9.20. The first kappa shape index (κ1) is 11.5. The fourth-order valence-corrected chi connectivity index (χ4v) is 1.94. The number of nitrogens with one attached hydrogen (secondary N) is 1. The van der Waals surface area contributed by atoms with Gasteiger partial charge in [-0.3, -0.25) is 0 Å². The SMILES string of the molecule is N#Cc1c(NC2CCC2)nn(-c2ncccn2)c1N. The fourth-order valence-electron chi connectivity index (χ4n) is 1.94. The molecule has 1 aliphatic carbocycles. The lowest BCUT2D eigenvalue weighted by atomic mass is 9.93. The molecule has 0 aliphatic heterocycles. The molecule has 7 heteroatoms. The Bertz CT molecular complexity index is 622. The summed E-state index contributed by atoms with van der Waals surface area (Å²) in [6.45, 7) is 0. The molecule has 0 spiro atoms. The summed E-state index contributed by atoms with van der Waals surface area (Å²) in [6.07, 6.45) is 6.61. The molecule has 3 N–H and O–H groups in total. The van der Waals surface area contributed by atoms with Crippen molar-refractivity contribution >= 4 is 11.6 Å². The van der Waals surface area contributed by atoms with Gasteiger partial charge in [-0.15, -0.1) is 5.10 Å². The topological polar surface area (TPSA) is 105 Å². The third-order valence-corrected chi connectivity index (χ3v) is 3.22. The third kappa shape index (κ3) is 1.97. The predicted octanol–water partition coefficient (Wildman–Crippen LogP) is 1.08. The van der Waals surface area contributed by atoms with Gasteiger partial charge in [0, 0.05) is 18.4 Å². The van der Waals surface area contributed by atoms with E-state index in [9.17, 15) is 5.26 Å². The number of aromatic nitrogens is 4. The maximum Gasteiger partial charge on any atom is 0.252 e. The number of anilines is 2. The van der Waals surface area contributed by atoms with Crippen LogP contribution in [-0.4, -0.2) is 25.8 Å². The first-order valence-corrected chi connectivity index (χ1v) is 6.12. The summed E-state index contributed by atoms with van der Waals surface area (Å²) in [6, 6.07) is 4.17. The monoisotopic (exact) mass is 255 g/mol. The van der Waals surface area contributed by atoms with E-state index >= 15 is 0 Å². The van der Waals surface area contributed by atoms with Gasteiger partial charge in [-0.05, 0) is 25.3 Å². The van der Waals surface area contributed by atoms with Crippen LogP contribution in [0.3, 0.4) is 0 Å². The van der Waals surface area contributed by atoms with Gasteiger partial charge in [-0.2, -0.15) is 9.94 Å². The molecule has 0 amide bonds. The molecule has 3 rings (SSSR count). The summed E-state index contributed by atoms with van der Waals surface area (Å²) >= 11 is 0. The molecule has 1 aliphatic rings. The lowest BCUT2D eigenvalue weighted by molar-refractivity contribution is 0.444. The van der Waals surface area contributed by atoms with E-state index in [1.54, 1.807) is 18.5 Å². The van der Waals surface area contributed by atoms with Gasteiger partial charge < -0.3 is 11.1 Å². The second-order valence-corrected chi connectivity index (χ2v) is 4.45. The van der Waals surface area contributed by atoms with E-state index in [1.807, 2.05) is 0 Å². The Labute approximate surface area is 110 Å². The zero-order valence-corrected chi connectivity index (χ0v) is 10.2. The van der Waals surface area contributed by atoms with Crippen molar-refractivity contribution in [3.63, 3.8) is 0 Å². The van der Waals surface area contributed by atoms with E-state index in [0.717, 1.165) is 12.8 Å². The molecular formula is C12H13N7. The average molecular weight is 255 g/mol. The Kier molecular flexibility index (Phi) is 2.76. The highest BCUT2D eigenvalue weighted by molar-refractivity contribution is 5.65. The van der Waals surface area contributed by atoms with Crippen molar-refractivity contribution in [1.82, 2.24) is 19.7 Å². The maximum absolute atomic E-state index is 9.20. The van der Waals surface area contributed by atoms with Crippen LogP contribution in [0.2, 0.25) is 0 Å². The van der Waals surface area contributed by atoms with Crippen LogP contribution < -0.4 is 11.1 Å². The van der Waals surface area contributed by atoms with Crippen molar-refractivity contribution in [1.29, 1.82) is 5.26 Å². The van der Waals surface area contributed by atoms with Crippen molar-refractivity contribution in [3.05, 3.63) is 24.0 Å². The highest BCUT2D eigenvalue weighted by Crippen LogP contribution is 2.27. The van der Waals surface area contributed by atoms with Crippen molar-refractivity contribution in [2.75, 3.05) is 11.1 Å². The van der Waals surface area contributed by atoms with Crippen LogP contribution in [0, 0.1) is 11.3 Å². The standard InChI is InChI=1S/C12H13N7/c13-7-9-10(14)19(12-15-5-2-6-16-12)18-11(9)17-8-3-1-4-8/h2,5-6,8H,1,3-4,14H2,(H,17,18). The van der Waals surface area contributed by atoms with Gasteiger partial charge in [0.25, 0.3) is 5.95 Å². The molecular weight excluding hydrogens is 242 g/mol. The average Bonchev–Trinajstić information content (AvgIpc) is 2.71. The molecule has 0 unspecified atom stereocenters. The summed E-state index contributed by atoms with van der Waals surface area (Å²) in [7, 11) is 0. The first-order chi connectivity index (χ1) is 9.29. The van der Waals surface area contributed by atoms with E-state index in [1.165, 1.54) is 11.1 Å². The molecule has 0 atom stereocenters. The summed E-state index contributed by atoms with van der Waals surface area (Å²) in [4.78, 5) is 8.17.